The Labute approximate surface area is 181 Å². The third-order valence-corrected chi connectivity index (χ3v) is 5.96. The summed E-state index contributed by atoms with van der Waals surface area (Å²) in [7, 11) is 1.56. The predicted octanol–water partition coefficient (Wildman–Crippen LogP) is 1.08. The van der Waals surface area contributed by atoms with Crippen molar-refractivity contribution in [3.05, 3.63) is 23.8 Å². The fourth-order valence-electron chi connectivity index (χ4n) is 4.16. The van der Waals surface area contributed by atoms with Gasteiger partial charge in [0.1, 0.15) is 0 Å². The van der Waals surface area contributed by atoms with E-state index < -0.39 is 0 Å². The van der Waals surface area contributed by atoms with Crippen molar-refractivity contribution >= 4 is 11.4 Å². The lowest BCUT2D eigenvalue weighted by Gasteiger charge is -2.54. The maximum absolute atomic E-state index is 9.78. The number of hydrogen-bond acceptors (Lipinski definition) is 8. The highest BCUT2D eigenvalue weighted by Crippen LogP contribution is 2.39. The van der Waals surface area contributed by atoms with Crippen LogP contribution < -0.4 is 22.1 Å². The van der Waals surface area contributed by atoms with Gasteiger partial charge >= 0.3 is 0 Å². The zero-order valence-electron chi connectivity index (χ0n) is 18.5. The number of ether oxygens (including phenoxy) is 1. The first-order valence-corrected chi connectivity index (χ1v) is 11.1. The first-order chi connectivity index (χ1) is 14.5. The summed E-state index contributed by atoms with van der Waals surface area (Å²) in [5, 5.41) is 26.0. The zero-order chi connectivity index (χ0) is 21.9. The molecule has 0 radical (unpaired) electrons. The normalized spacial score (nSPS) is 23.8. The highest BCUT2D eigenvalue weighted by molar-refractivity contribution is 5.67. The number of nitrogens with zero attached hydrogens (tertiary/aromatic N) is 1. The minimum atomic E-state index is -0.201. The number of methoxy groups -OCH3 is 1. The Balaban J connectivity index is 0.000000735. The number of rotatable bonds is 11. The van der Waals surface area contributed by atoms with Crippen LogP contribution in [0.25, 0.3) is 0 Å². The third kappa shape index (κ3) is 7.68. The van der Waals surface area contributed by atoms with Crippen LogP contribution in [0.1, 0.15) is 44.6 Å². The summed E-state index contributed by atoms with van der Waals surface area (Å²) in [6.45, 7) is 5.72. The average molecular weight is 424 g/mol. The number of aliphatic hydroxyl groups excluding tert-OH is 2. The first-order valence-electron chi connectivity index (χ1n) is 11.1. The molecule has 2 fully saturated rings. The second kappa shape index (κ2) is 13.1. The van der Waals surface area contributed by atoms with E-state index in [0.717, 1.165) is 63.2 Å². The van der Waals surface area contributed by atoms with Gasteiger partial charge < -0.3 is 37.1 Å². The lowest BCUT2D eigenvalue weighted by molar-refractivity contribution is -0.0863. The number of benzene rings is 1. The molecule has 3 rings (SSSR count). The number of anilines is 2. The molecule has 0 spiro atoms. The van der Waals surface area contributed by atoms with Gasteiger partial charge in [-0.1, -0.05) is 13.0 Å². The molecule has 2 aliphatic rings. The number of nitrogens with one attached hydrogen (secondary N) is 2. The smallest absolute Gasteiger partial charge is 0.0936 e. The van der Waals surface area contributed by atoms with Gasteiger partial charge in [-0.25, -0.2) is 0 Å². The van der Waals surface area contributed by atoms with Crippen molar-refractivity contribution < 1.29 is 14.9 Å². The second-order valence-corrected chi connectivity index (χ2v) is 8.25. The SMILES string of the molecule is CCC(O)CCNCCNc1ccc(CN2C3CC(O)CC2C3)cc1N.COCN. The van der Waals surface area contributed by atoms with Gasteiger partial charge in [0, 0.05) is 38.8 Å². The Kier molecular flexibility index (Phi) is 10.8. The molecule has 0 aromatic heterocycles. The molecule has 0 saturated carbocycles. The van der Waals surface area contributed by atoms with Crippen molar-refractivity contribution in [1.82, 2.24) is 10.2 Å². The van der Waals surface area contributed by atoms with Crippen LogP contribution >= 0.6 is 0 Å². The van der Waals surface area contributed by atoms with Crippen molar-refractivity contribution in [3.63, 3.8) is 0 Å². The molecule has 1 aromatic carbocycles. The van der Waals surface area contributed by atoms with Crippen molar-refractivity contribution in [1.29, 1.82) is 0 Å². The molecule has 172 valence electrons. The van der Waals surface area contributed by atoms with E-state index in [2.05, 4.69) is 38.5 Å². The summed E-state index contributed by atoms with van der Waals surface area (Å²) < 4.78 is 4.32. The van der Waals surface area contributed by atoms with Crippen molar-refractivity contribution in [2.24, 2.45) is 5.73 Å². The fourth-order valence-corrected chi connectivity index (χ4v) is 4.16. The van der Waals surface area contributed by atoms with E-state index >= 15 is 0 Å². The highest BCUT2D eigenvalue weighted by atomic mass is 16.5. The summed E-state index contributed by atoms with van der Waals surface area (Å²) in [5.41, 5.74) is 14.0. The zero-order valence-corrected chi connectivity index (χ0v) is 18.5. The monoisotopic (exact) mass is 423 g/mol. The van der Waals surface area contributed by atoms with E-state index in [4.69, 9.17) is 11.5 Å². The quantitative estimate of drug-likeness (QED) is 0.177. The predicted molar refractivity (Wildman–Crippen MR) is 122 cm³/mol. The Morgan fingerprint density at radius 1 is 1.20 bits per heavy atom. The highest BCUT2D eigenvalue weighted by Gasteiger charge is 2.44. The molecule has 8 heteroatoms. The van der Waals surface area contributed by atoms with Crippen LogP contribution in [-0.2, 0) is 11.3 Å². The summed E-state index contributed by atoms with van der Waals surface area (Å²) in [6.07, 6.45) is 4.35. The van der Waals surface area contributed by atoms with Crippen LogP contribution in [0.4, 0.5) is 11.4 Å². The van der Waals surface area contributed by atoms with Gasteiger partial charge in [-0.3, -0.25) is 4.90 Å². The molecule has 0 aliphatic carbocycles. The Bertz CT molecular complexity index is 604. The first kappa shape index (κ1) is 24.8. The van der Waals surface area contributed by atoms with E-state index in [1.54, 1.807) is 7.11 Å². The van der Waals surface area contributed by atoms with E-state index in [0.29, 0.717) is 18.8 Å². The maximum atomic E-state index is 9.78. The van der Waals surface area contributed by atoms with E-state index in [1.165, 1.54) is 12.0 Å². The van der Waals surface area contributed by atoms with Crippen LogP contribution in [0.15, 0.2) is 18.2 Å². The topological polar surface area (TPSA) is 129 Å². The van der Waals surface area contributed by atoms with Crippen LogP contribution in [0.2, 0.25) is 0 Å². The van der Waals surface area contributed by atoms with Gasteiger partial charge in [0.15, 0.2) is 0 Å². The molecule has 2 saturated heterocycles. The molecule has 0 amide bonds. The number of aliphatic hydroxyl groups is 2. The molecular weight excluding hydrogens is 382 g/mol. The van der Waals surface area contributed by atoms with Gasteiger partial charge in [0.25, 0.3) is 0 Å². The maximum Gasteiger partial charge on any atom is 0.0936 e. The minimum absolute atomic E-state index is 0.106. The van der Waals surface area contributed by atoms with Gasteiger partial charge in [0.05, 0.1) is 30.3 Å². The molecule has 2 heterocycles. The molecular formula is C22H41N5O3. The van der Waals surface area contributed by atoms with Gasteiger partial charge in [-0.15, -0.1) is 0 Å². The molecule has 3 unspecified atom stereocenters. The molecule has 2 bridgehead atoms. The molecule has 3 atom stereocenters. The Morgan fingerprint density at radius 2 is 1.90 bits per heavy atom. The molecule has 8 N–H and O–H groups in total. The summed E-state index contributed by atoms with van der Waals surface area (Å²) in [6, 6.07) is 7.36. The molecule has 30 heavy (non-hydrogen) atoms. The number of piperidine rings is 1. The van der Waals surface area contributed by atoms with Crippen LogP contribution in [-0.4, -0.2) is 72.9 Å². The van der Waals surface area contributed by atoms with E-state index in [9.17, 15) is 10.2 Å². The summed E-state index contributed by atoms with van der Waals surface area (Å²) >= 11 is 0. The largest absolute Gasteiger partial charge is 0.397 e. The van der Waals surface area contributed by atoms with Crippen molar-refractivity contribution in [3.8, 4) is 0 Å². The van der Waals surface area contributed by atoms with Crippen LogP contribution in [0, 0.1) is 0 Å². The number of fused-ring (bicyclic) bond motifs is 2. The summed E-state index contributed by atoms with van der Waals surface area (Å²) in [5.74, 6) is 0. The van der Waals surface area contributed by atoms with Crippen LogP contribution in [0.5, 0.6) is 0 Å². The fraction of sp³-hybridized carbons (Fsp3) is 0.727. The number of nitrogens with two attached hydrogens (primary N) is 2. The van der Waals surface area contributed by atoms with Gasteiger partial charge in [-0.2, -0.15) is 0 Å². The van der Waals surface area contributed by atoms with Gasteiger partial charge in [0.2, 0.25) is 0 Å². The lowest BCUT2D eigenvalue weighted by atomic mass is 9.78. The lowest BCUT2D eigenvalue weighted by Crippen LogP contribution is -2.61. The third-order valence-electron chi connectivity index (χ3n) is 5.96. The molecule has 1 aromatic rings. The van der Waals surface area contributed by atoms with E-state index in [1.807, 2.05) is 6.92 Å². The van der Waals surface area contributed by atoms with Crippen molar-refractivity contribution in [2.75, 3.05) is 44.5 Å². The molecule has 8 nitrogen and oxygen atoms in total. The minimum Gasteiger partial charge on any atom is -0.397 e. The second-order valence-electron chi connectivity index (χ2n) is 8.25. The van der Waals surface area contributed by atoms with Gasteiger partial charge in [-0.05, 0) is 56.3 Å². The average Bonchev–Trinajstić information content (AvgIpc) is 2.75. The summed E-state index contributed by atoms with van der Waals surface area (Å²) in [4.78, 5) is 2.50. The van der Waals surface area contributed by atoms with E-state index in [-0.39, 0.29) is 12.2 Å². The van der Waals surface area contributed by atoms with Crippen molar-refractivity contribution in [2.45, 2.75) is 69.9 Å². The molecule has 2 aliphatic heterocycles. The standard InChI is InChI=1S/C20H34N4O2.C2H7NO/c1-2-17(25)5-6-22-7-8-23-20-4-3-14(9-19(20)21)13-24-15-10-16(24)12-18(26)11-15;1-4-2-3/h3-4,9,15-18,22-23,25-26H,2,5-8,10-13,21H2,1H3;2-3H2,1H3. The number of nitrogen functional groups attached to an aromatic ring is 1. The Hall–Kier alpha value is -1.42. The Morgan fingerprint density at radius 3 is 2.50 bits per heavy atom. The van der Waals surface area contributed by atoms with Crippen LogP contribution in [0.3, 0.4) is 0 Å². The number of hydrogen-bond donors (Lipinski definition) is 6.